The predicted octanol–water partition coefficient (Wildman–Crippen LogP) is 1.35. The molecule has 0 aliphatic rings. The number of carboxylic acid groups (broad SMARTS) is 1. The number of phosphoric acid groups is 1. The highest BCUT2D eigenvalue weighted by Gasteiger charge is 2.18. The Kier molecular flexibility index (Phi) is 5.04. The van der Waals surface area contributed by atoms with Crippen molar-refractivity contribution in [3.63, 3.8) is 0 Å². The molecular formula is C11H15O6P. The number of hydrogen-bond acceptors (Lipinski definition) is 3. The first kappa shape index (κ1) is 14.9. The fourth-order valence-corrected chi connectivity index (χ4v) is 2.11. The zero-order valence-corrected chi connectivity index (χ0v) is 10.7. The third-order valence-electron chi connectivity index (χ3n) is 2.22. The van der Waals surface area contributed by atoms with Gasteiger partial charge in [0.05, 0.1) is 12.5 Å². The van der Waals surface area contributed by atoms with Crippen molar-refractivity contribution >= 4 is 13.8 Å². The molecule has 0 spiro atoms. The molecule has 1 aromatic carbocycles. The molecule has 0 bridgehead atoms. The van der Waals surface area contributed by atoms with Gasteiger partial charge in [0.1, 0.15) is 0 Å². The van der Waals surface area contributed by atoms with Gasteiger partial charge in [0.2, 0.25) is 0 Å². The van der Waals surface area contributed by atoms with Crippen LogP contribution in [0.4, 0.5) is 0 Å². The summed E-state index contributed by atoms with van der Waals surface area (Å²) in [6, 6.07) is 6.79. The van der Waals surface area contributed by atoms with E-state index < -0.39 is 19.9 Å². The SMILES string of the molecule is CC(Cc1ccc(CC(=O)O)cc1)OP(=O)(O)O. The number of aliphatic carboxylic acids is 1. The largest absolute Gasteiger partial charge is 0.481 e. The molecule has 0 saturated heterocycles. The standard InChI is InChI=1S/C11H15O6P/c1-8(17-18(14,15)16)6-9-2-4-10(5-3-9)7-11(12)13/h2-5,8H,6-7H2,1H3,(H,12,13)(H2,14,15,16). The van der Waals surface area contributed by atoms with Crippen molar-refractivity contribution in [1.29, 1.82) is 0 Å². The van der Waals surface area contributed by atoms with E-state index in [1.165, 1.54) is 0 Å². The first-order valence-electron chi connectivity index (χ1n) is 5.30. The van der Waals surface area contributed by atoms with Crippen molar-refractivity contribution in [2.24, 2.45) is 0 Å². The van der Waals surface area contributed by atoms with Gasteiger partial charge in [-0.2, -0.15) is 0 Å². The Morgan fingerprint density at radius 2 is 1.78 bits per heavy atom. The number of benzene rings is 1. The number of hydrogen-bond donors (Lipinski definition) is 3. The summed E-state index contributed by atoms with van der Waals surface area (Å²) < 4.78 is 15.1. The van der Waals surface area contributed by atoms with E-state index in [1.807, 2.05) is 0 Å². The van der Waals surface area contributed by atoms with Crippen LogP contribution in [0.25, 0.3) is 0 Å². The van der Waals surface area contributed by atoms with E-state index in [-0.39, 0.29) is 6.42 Å². The van der Waals surface area contributed by atoms with Crippen molar-refractivity contribution in [3.8, 4) is 0 Å². The first-order valence-corrected chi connectivity index (χ1v) is 6.83. The van der Waals surface area contributed by atoms with Crippen molar-refractivity contribution in [3.05, 3.63) is 35.4 Å². The van der Waals surface area contributed by atoms with E-state index in [0.29, 0.717) is 12.0 Å². The molecule has 0 amide bonds. The summed E-state index contributed by atoms with van der Waals surface area (Å²) in [6.45, 7) is 1.56. The van der Waals surface area contributed by atoms with Crippen LogP contribution in [0.5, 0.6) is 0 Å². The summed E-state index contributed by atoms with van der Waals surface area (Å²) in [4.78, 5) is 27.7. The number of rotatable bonds is 6. The lowest BCUT2D eigenvalue weighted by Gasteiger charge is -2.13. The smallest absolute Gasteiger partial charge is 0.469 e. The van der Waals surface area contributed by atoms with Crippen molar-refractivity contribution < 1.29 is 28.8 Å². The molecule has 0 heterocycles. The molecule has 0 radical (unpaired) electrons. The van der Waals surface area contributed by atoms with Crippen LogP contribution in [0.15, 0.2) is 24.3 Å². The van der Waals surface area contributed by atoms with Gasteiger partial charge in [0.25, 0.3) is 0 Å². The molecule has 0 fully saturated rings. The quantitative estimate of drug-likeness (QED) is 0.676. The Labute approximate surface area is 104 Å². The Morgan fingerprint density at radius 1 is 1.28 bits per heavy atom. The van der Waals surface area contributed by atoms with Crippen molar-refractivity contribution in [2.45, 2.75) is 25.9 Å². The fraction of sp³-hybridized carbons (Fsp3) is 0.364. The van der Waals surface area contributed by atoms with E-state index in [1.54, 1.807) is 31.2 Å². The maximum absolute atomic E-state index is 10.6. The fourth-order valence-electron chi connectivity index (χ4n) is 1.57. The van der Waals surface area contributed by atoms with Gasteiger partial charge in [-0.25, -0.2) is 4.57 Å². The second kappa shape index (κ2) is 6.11. The topological polar surface area (TPSA) is 104 Å². The lowest BCUT2D eigenvalue weighted by molar-refractivity contribution is -0.136. The van der Waals surface area contributed by atoms with Crippen molar-refractivity contribution in [1.82, 2.24) is 0 Å². The number of carbonyl (C=O) groups is 1. The molecule has 0 aliphatic heterocycles. The van der Waals surface area contributed by atoms with Gasteiger partial charge in [-0.15, -0.1) is 0 Å². The Morgan fingerprint density at radius 3 is 2.22 bits per heavy atom. The van der Waals surface area contributed by atoms with Crippen LogP contribution in [-0.4, -0.2) is 27.0 Å². The first-order chi connectivity index (χ1) is 8.26. The average molecular weight is 274 g/mol. The van der Waals surface area contributed by atoms with Crippen LogP contribution in [-0.2, 0) is 26.7 Å². The molecule has 1 aromatic rings. The minimum absolute atomic E-state index is 0.0468. The Hall–Kier alpha value is -1.20. The monoisotopic (exact) mass is 274 g/mol. The molecule has 1 atom stereocenters. The summed E-state index contributed by atoms with van der Waals surface area (Å²) in [7, 11) is -4.46. The van der Waals surface area contributed by atoms with E-state index in [4.69, 9.17) is 14.9 Å². The van der Waals surface area contributed by atoms with Gasteiger partial charge in [-0.3, -0.25) is 9.32 Å². The molecule has 1 unspecified atom stereocenters. The average Bonchev–Trinajstić information content (AvgIpc) is 2.17. The molecule has 100 valence electrons. The van der Waals surface area contributed by atoms with Gasteiger partial charge >= 0.3 is 13.8 Å². The summed E-state index contributed by atoms with van der Waals surface area (Å²) in [6.07, 6.45) is -0.316. The normalized spacial score (nSPS) is 13.3. The van der Waals surface area contributed by atoms with Gasteiger partial charge in [0, 0.05) is 0 Å². The summed E-state index contributed by atoms with van der Waals surface area (Å²) >= 11 is 0. The highest BCUT2D eigenvalue weighted by atomic mass is 31.2. The molecule has 0 aromatic heterocycles. The minimum Gasteiger partial charge on any atom is -0.481 e. The van der Waals surface area contributed by atoms with E-state index in [0.717, 1.165) is 5.56 Å². The van der Waals surface area contributed by atoms with Gasteiger partial charge < -0.3 is 14.9 Å². The van der Waals surface area contributed by atoms with Crippen LogP contribution in [0.2, 0.25) is 0 Å². The maximum atomic E-state index is 10.6. The van der Waals surface area contributed by atoms with Gasteiger partial charge in [-0.1, -0.05) is 24.3 Å². The molecule has 7 heteroatoms. The second-order valence-electron chi connectivity index (χ2n) is 4.00. The van der Waals surface area contributed by atoms with Crippen LogP contribution in [0.1, 0.15) is 18.1 Å². The predicted molar refractivity (Wildman–Crippen MR) is 64.1 cm³/mol. The summed E-state index contributed by atoms with van der Waals surface area (Å²) in [5.41, 5.74) is 1.50. The number of phosphoric ester groups is 1. The van der Waals surface area contributed by atoms with E-state index in [2.05, 4.69) is 4.52 Å². The molecule has 18 heavy (non-hydrogen) atoms. The van der Waals surface area contributed by atoms with Crippen molar-refractivity contribution in [2.75, 3.05) is 0 Å². The zero-order valence-electron chi connectivity index (χ0n) is 9.81. The highest BCUT2D eigenvalue weighted by molar-refractivity contribution is 7.46. The molecule has 0 saturated carbocycles. The number of carboxylic acids is 1. The summed E-state index contributed by atoms with van der Waals surface area (Å²) in [5.74, 6) is -0.902. The lowest BCUT2D eigenvalue weighted by atomic mass is 10.1. The molecule has 3 N–H and O–H groups in total. The van der Waals surface area contributed by atoms with Crippen LogP contribution in [0.3, 0.4) is 0 Å². The van der Waals surface area contributed by atoms with E-state index >= 15 is 0 Å². The Bertz CT molecular complexity index is 449. The Balaban J connectivity index is 2.58. The van der Waals surface area contributed by atoms with Crippen LogP contribution >= 0.6 is 7.82 Å². The van der Waals surface area contributed by atoms with Gasteiger partial charge in [-0.05, 0) is 24.5 Å². The van der Waals surface area contributed by atoms with Crippen LogP contribution < -0.4 is 0 Å². The third kappa shape index (κ3) is 5.93. The highest BCUT2D eigenvalue weighted by Crippen LogP contribution is 2.38. The molecule has 1 rings (SSSR count). The van der Waals surface area contributed by atoms with E-state index in [9.17, 15) is 9.36 Å². The second-order valence-corrected chi connectivity index (χ2v) is 5.19. The summed E-state index contributed by atoms with van der Waals surface area (Å²) in [5, 5.41) is 8.60. The molecular weight excluding hydrogens is 259 g/mol. The third-order valence-corrected chi connectivity index (χ3v) is 2.85. The molecule has 0 aliphatic carbocycles. The van der Waals surface area contributed by atoms with Gasteiger partial charge in [0.15, 0.2) is 0 Å². The van der Waals surface area contributed by atoms with Crippen LogP contribution in [0, 0.1) is 0 Å². The minimum atomic E-state index is -4.46. The zero-order chi connectivity index (χ0) is 13.8. The lowest BCUT2D eigenvalue weighted by Crippen LogP contribution is -2.10. The maximum Gasteiger partial charge on any atom is 0.469 e. The molecule has 6 nitrogen and oxygen atoms in total.